The summed E-state index contributed by atoms with van der Waals surface area (Å²) in [5.74, 6) is -0.362. The third kappa shape index (κ3) is 3.74. The van der Waals surface area contributed by atoms with Crippen molar-refractivity contribution in [1.82, 2.24) is 24.6 Å². The molecule has 0 fully saturated rings. The third-order valence-electron chi connectivity index (χ3n) is 4.00. The number of methoxy groups -OCH3 is 1. The molecule has 0 aliphatic carbocycles. The summed E-state index contributed by atoms with van der Waals surface area (Å²) < 4.78 is 7.34. The molecule has 2 aromatic heterocycles. The largest absolute Gasteiger partial charge is 0.383 e. The Labute approximate surface area is 158 Å². The van der Waals surface area contributed by atoms with Gasteiger partial charge in [-0.1, -0.05) is 12.1 Å². The van der Waals surface area contributed by atoms with Gasteiger partial charge in [-0.25, -0.2) is 9.67 Å². The molecule has 1 N–H and O–H groups in total. The van der Waals surface area contributed by atoms with Crippen molar-refractivity contribution < 1.29 is 14.5 Å². The first-order valence-electron chi connectivity index (χ1n) is 8.37. The molecule has 0 radical (unpaired) electrons. The average Bonchev–Trinajstić information content (AvgIpc) is 3.08. The molecule has 0 bridgehead atoms. The van der Waals surface area contributed by atoms with Gasteiger partial charge >= 0.3 is 0 Å². The van der Waals surface area contributed by atoms with Crippen molar-refractivity contribution in [3.63, 3.8) is 0 Å². The van der Waals surface area contributed by atoms with E-state index < -0.39 is 10.5 Å². The van der Waals surface area contributed by atoms with Crippen LogP contribution in [0.25, 0.3) is 16.7 Å². The van der Waals surface area contributed by atoms with Crippen molar-refractivity contribution in [2.24, 2.45) is 0 Å². The molecule has 1 atom stereocenters. The monoisotopic (exact) mass is 386 g/mol. The van der Waals surface area contributed by atoms with Gasteiger partial charge in [0, 0.05) is 19.2 Å². The summed E-state index contributed by atoms with van der Waals surface area (Å²) in [5, 5.41) is 18.2. The number of hydrogen-bond donors (Lipinski definition) is 1. The van der Waals surface area contributed by atoms with Gasteiger partial charge in [0.25, 0.3) is 11.2 Å². The highest BCUT2D eigenvalue weighted by Crippen LogP contribution is 2.23. The lowest BCUT2D eigenvalue weighted by molar-refractivity contribution is -0.384. The van der Waals surface area contributed by atoms with Crippen molar-refractivity contribution in [3.8, 4) is 5.69 Å². The van der Waals surface area contributed by atoms with Crippen LogP contribution in [0.5, 0.6) is 0 Å². The first-order valence-corrected chi connectivity index (χ1v) is 8.37. The molecular weight excluding hydrogens is 368 g/mol. The number of rotatable bonds is 7. The molecule has 0 saturated heterocycles. The highest BCUT2D eigenvalue weighted by Gasteiger charge is 2.19. The maximum absolute atomic E-state index is 12.7. The molecule has 11 heteroatoms. The molecule has 0 aliphatic rings. The number of amides is 1. The predicted molar refractivity (Wildman–Crippen MR) is 99.3 cm³/mol. The second-order valence-corrected chi connectivity index (χ2v) is 6.14. The van der Waals surface area contributed by atoms with Gasteiger partial charge in [0.15, 0.2) is 5.65 Å². The summed E-state index contributed by atoms with van der Waals surface area (Å²) in [6, 6.07) is 5.82. The fourth-order valence-corrected chi connectivity index (χ4v) is 2.80. The van der Waals surface area contributed by atoms with Crippen LogP contribution in [0, 0.1) is 10.1 Å². The van der Waals surface area contributed by atoms with E-state index >= 15 is 0 Å². The standard InChI is InChI=1S/C17H18N6O5/c1-11(9-28-2)20-15(24)8-21-10-18-16-12(17(21)25)7-19-22(16)13-5-3-4-6-14(13)23(26)27/h3-7,10-11H,8-9H2,1-2H3,(H,20,24). The third-order valence-corrected chi connectivity index (χ3v) is 4.00. The number of nitrogens with one attached hydrogen (secondary N) is 1. The van der Waals surface area contributed by atoms with E-state index in [-0.39, 0.29) is 40.9 Å². The number of nitrogens with zero attached hydrogens (tertiary/aromatic N) is 5. The Balaban J connectivity index is 1.94. The van der Waals surface area contributed by atoms with Crippen LogP contribution in [0.15, 0.2) is 41.6 Å². The summed E-state index contributed by atoms with van der Waals surface area (Å²) in [6.07, 6.45) is 2.50. The second-order valence-electron chi connectivity index (χ2n) is 6.14. The Kier molecular flexibility index (Phi) is 5.45. The summed E-state index contributed by atoms with van der Waals surface area (Å²) in [6.45, 7) is 1.91. The topological polar surface area (TPSA) is 134 Å². The van der Waals surface area contributed by atoms with E-state index in [0.29, 0.717) is 6.61 Å². The zero-order valence-electron chi connectivity index (χ0n) is 15.2. The van der Waals surface area contributed by atoms with E-state index in [0.717, 1.165) is 4.57 Å². The minimum Gasteiger partial charge on any atom is -0.383 e. The van der Waals surface area contributed by atoms with Crippen LogP contribution >= 0.6 is 0 Å². The molecule has 11 nitrogen and oxygen atoms in total. The fraction of sp³-hybridized carbons (Fsp3) is 0.294. The molecule has 3 rings (SSSR count). The number of carbonyl (C=O) groups is 1. The van der Waals surface area contributed by atoms with Crippen LogP contribution in [-0.2, 0) is 16.1 Å². The minimum atomic E-state index is -0.532. The van der Waals surface area contributed by atoms with E-state index in [2.05, 4.69) is 15.4 Å². The lowest BCUT2D eigenvalue weighted by Gasteiger charge is -2.13. The Bertz CT molecular complexity index is 1090. The second kappa shape index (κ2) is 7.96. The van der Waals surface area contributed by atoms with Gasteiger partial charge in [-0.2, -0.15) is 5.10 Å². The van der Waals surface area contributed by atoms with Crippen LogP contribution in [-0.4, -0.2) is 49.9 Å². The van der Waals surface area contributed by atoms with Gasteiger partial charge in [-0.05, 0) is 13.0 Å². The number of fused-ring (bicyclic) bond motifs is 1. The molecule has 0 saturated carbocycles. The molecule has 2 heterocycles. The lowest BCUT2D eigenvalue weighted by atomic mass is 10.2. The summed E-state index contributed by atoms with van der Waals surface area (Å²) in [4.78, 5) is 39.7. The Morgan fingerprint density at radius 3 is 2.86 bits per heavy atom. The van der Waals surface area contributed by atoms with E-state index in [9.17, 15) is 19.7 Å². The molecule has 1 amide bonds. The zero-order chi connectivity index (χ0) is 20.3. The summed E-state index contributed by atoms with van der Waals surface area (Å²) >= 11 is 0. The van der Waals surface area contributed by atoms with Gasteiger partial charge in [0.2, 0.25) is 5.91 Å². The lowest BCUT2D eigenvalue weighted by Crippen LogP contribution is -2.39. The van der Waals surface area contributed by atoms with E-state index in [4.69, 9.17) is 4.74 Å². The van der Waals surface area contributed by atoms with Gasteiger partial charge in [-0.15, -0.1) is 0 Å². The SMILES string of the molecule is COCC(C)NC(=O)Cn1cnc2c(cnn2-c2ccccc2[N+](=O)[O-])c1=O. The van der Waals surface area contributed by atoms with Crippen molar-refractivity contribution in [2.45, 2.75) is 19.5 Å². The van der Waals surface area contributed by atoms with Gasteiger partial charge in [-0.3, -0.25) is 24.3 Å². The number of para-hydroxylation sites is 2. The van der Waals surface area contributed by atoms with Gasteiger partial charge in [0.05, 0.1) is 17.7 Å². The number of hydrogen-bond acceptors (Lipinski definition) is 7. The number of carbonyl (C=O) groups excluding carboxylic acids is 1. The Hall–Kier alpha value is -3.60. The fourth-order valence-electron chi connectivity index (χ4n) is 2.80. The molecular formula is C17H18N6O5. The number of aromatic nitrogens is 4. The van der Waals surface area contributed by atoms with E-state index in [1.54, 1.807) is 13.0 Å². The highest BCUT2D eigenvalue weighted by atomic mass is 16.6. The van der Waals surface area contributed by atoms with Crippen LogP contribution in [0.1, 0.15) is 6.92 Å². The van der Waals surface area contributed by atoms with E-state index in [1.807, 2.05) is 0 Å². The van der Waals surface area contributed by atoms with Crippen molar-refractivity contribution in [2.75, 3.05) is 13.7 Å². The normalized spacial score (nSPS) is 12.1. The average molecular weight is 386 g/mol. The molecule has 0 spiro atoms. The minimum absolute atomic E-state index is 0.151. The van der Waals surface area contributed by atoms with Crippen LogP contribution in [0.4, 0.5) is 5.69 Å². The van der Waals surface area contributed by atoms with Crippen molar-refractivity contribution in [1.29, 1.82) is 0 Å². The Morgan fingerprint density at radius 1 is 1.39 bits per heavy atom. The maximum Gasteiger partial charge on any atom is 0.294 e. The zero-order valence-corrected chi connectivity index (χ0v) is 15.2. The highest BCUT2D eigenvalue weighted by molar-refractivity contribution is 5.78. The van der Waals surface area contributed by atoms with Crippen molar-refractivity contribution >= 4 is 22.6 Å². The summed E-state index contributed by atoms with van der Waals surface area (Å²) in [7, 11) is 1.53. The molecule has 1 unspecified atom stereocenters. The molecule has 146 valence electrons. The maximum atomic E-state index is 12.7. The van der Waals surface area contributed by atoms with E-state index in [1.165, 1.54) is 42.5 Å². The van der Waals surface area contributed by atoms with Crippen LogP contribution in [0.3, 0.4) is 0 Å². The first-order chi connectivity index (χ1) is 13.4. The number of ether oxygens (including phenoxy) is 1. The summed E-state index contributed by atoms with van der Waals surface area (Å²) in [5.41, 5.74) is -0.267. The molecule has 0 aliphatic heterocycles. The van der Waals surface area contributed by atoms with Crippen LogP contribution < -0.4 is 10.9 Å². The first kappa shape index (κ1) is 19.2. The molecule has 3 aromatic rings. The number of nitro groups is 1. The van der Waals surface area contributed by atoms with Crippen LogP contribution in [0.2, 0.25) is 0 Å². The Morgan fingerprint density at radius 2 is 2.14 bits per heavy atom. The van der Waals surface area contributed by atoms with Gasteiger partial charge in [0.1, 0.15) is 23.9 Å². The number of benzene rings is 1. The smallest absolute Gasteiger partial charge is 0.294 e. The predicted octanol–water partition coefficient (Wildman–Crippen LogP) is 0.642. The molecule has 28 heavy (non-hydrogen) atoms. The number of nitro benzene ring substituents is 1. The quantitative estimate of drug-likeness (QED) is 0.465. The van der Waals surface area contributed by atoms with Gasteiger partial charge < -0.3 is 10.1 Å². The molecule has 1 aromatic carbocycles. The van der Waals surface area contributed by atoms with Crippen molar-refractivity contribution in [3.05, 3.63) is 57.3 Å².